The lowest BCUT2D eigenvalue weighted by molar-refractivity contribution is 0.274. The molecule has 0 aliphatic carbocycles. The Bertz CT molecular complexity index is 143. The first-order chi connectivity index (χ1) is 5.88. The monoisotopic (exact) mass is 168 g/mol. The molecule has 0 aromatic heterocycles. The molecule has 70 valence electrons. The van der Waals surface area contributed by atoms with Crippen LogP contribution < -0.4 is 5.73 Å². The number of nitrogens with zero attached hydrogens (tertiary/aromatic N) is 1. The number of nitrogens with two attached hydrogens (primary N) is 1. The van der Waals surface area contributed by atoms with Crippen LogP contribution in [0.3, 0.4) is 0 Å². The van der Waals surface area contributed by atoms with E-state index in [-0.39, 0.29) is 0 Å². The molecule has 0 radical (unpaired) electrons. The van der Waals surface area contributed by atoms with Crippen molar-refractivity contribution in [1.29, 1.82) is 0 Å². The fourth-order valence-electron chi connectivity index (χ4n) is 1.90. The van der Waals surface area contributed by atoms with Gasteiger partial charge >= 0.3 is 0 Å². The van der Waals surface area contributed by atoms with Crippen molar-refractivity contribution in [2.75, 3.05) is 19.6 Å². The van der Waals surface area contributed by atoms with Crippen molar-refractivity contribution in [3.63, 3.8) is 0 Å². The van der Waals surface area contributed by atoms with Crippen LogP contribution in [-0.4, -0.2) is 30.6 Å². The van der Waals surface area contributed by atoms with Gasteiger partial charge in [-0.05, 0) is 25.8 Å². The van der Waals surface area contributed by atoms with E-state index in [1.54, 1.807) is 0 Å². The minimum atomic E-state index is 0.671. The van der Waals surface area contributed by atoms with Crippen LogP contribution >= 0.6 is 0 Å². The third kappa shape index (κ3) is 2.61. The standard InChI is InChI=1S/C10H20N2/c1-2-10-6-5-9-12(10)8-4-3-7-11/h3-4,10H,2,5-9,11H2,1H3. The van der Waals surface area contributed by atoms with Crippen molar-refractivity contribution in [3.8, 4) is 0 Å². The summed E-state index contributed by atoms with van der Waals surface area (Å²) in [6.07, 6.45) is 8.28. The zero-order valence-electron chi connectivity index (χ0n) is 8.00. The molecule has 1 aliphatic heterocycles. The molecule has 1 atom stereocenters. The van der Waals surface area contributed by atoms with Gasteiger partial charge in [-0.2, -0.15) is 0 Å². The van der Waals surface area contributed by atoms with Gasteiger partial charge < -0.3 is 5.73 Å². The van der Waals surface area contributed by atoms with Crippen molar-refractivity contribution in [3.05, 3.63) is 12.2 Å². The highest BCUT2D eigenvalue weighted by Crippen LogP contribution is 2.18. The van der Waals surface area contributed by atoms with Crippen molar-refractivity contribution in [2.45, 2.75) is 32.2 Å². The largest absolute Gasteiger partial charge is 0.327 e. The first-order valence-electron chi connectivity index (χ1n) is 4.97. The molecular weight excluding hydrogens is 148 g/mol. The molecule has 2 heteroatoms. The minimum Gasteiger partial charge on any atom is -0.327 e. The predicted molar refractivity (Wildman–Crippen MR) is 53.1 cm³/mol. The minimum absolute atomic E-state index is 0.671. The zero-order valence-corrected chi connectivity index (χ0v) is 8.00. The summed E-state index contributed by atoms with van der Waals surface area (Å²) in [6, 6.07) is 0.826. The average molecular weight is 168 g/mol. The van der Waals surface area contributed by atoms with Gasteiger partial charge in [-0.15, -0.1) is 0 Å². The Balaban J connectivity index is 2.25. The molecule has 0 aromatic rings. The summed E-state index contributed by atoms with van der Waals surface area (Å²) in [6.45, 7) is 5.31. The van der Waals surface area contributed by atoms with Crippen molar-refractivity contribution < 1.29 is 0 Å². The number of rotatable bonds is 4. The first kappa shape index (κ1) is 9.75. The summed E-state index contributed by atoms with van der Waals surface area (Å²) in [4.78, 5) is 2.55. The van der Waals surface area contributed by atoms with Crippen molar-refractivity contribution in [1.82, 2.24) is 4.90 Å². The van der Waals surface area contributed by atoms with Crippen LogP contribution in [0.15, 0.2) is 12.2 Å². The van der Waals surface area contributed by atoms with Crippen molar-refractivity contribution in [2.24, 2.45) is 5.73 Å². The molecule has 2 N–H and O–H groups in total. The van der Waals surface area contributed by atoms with Crippen LogP contribution in [0.5, 0.6) is 0 Å². The molecule has 0 saturated carbocycles. The third-order valence-electron chi connectivity index (χ3n) is 2.61. The van der Waals surface area contributed by atoms with Gasteiger partial charge in [0.05, 0.1) is 0 Å². The van der Waals surface area contributed by atoms with E-state index in [0.29, 0.717) is 6.54 Å². The highest BCUT2D eigenvalue weighted by molar-refractivity contribution is 4.89. The molecule has 2 nitrogen and oxygen atoms in total. The van der Waals surface area contributed by atoms with Gasteiger partial charge in [0, 0.05) is 19.1 Å². The molecular formula is C10H20N2. The third-order valence-corrected chi connectivity index (χ3v) is 2.61. The summed E-state index contributed by atoms with van der Waals surface area (Å²) in [5.74, 6) is 0. The quantitative estimate of drug-likeness (QED) is 0.642. The van der Waals surface area contributed by atoms with E-state index in [1.807, 2.05) is 6.08 Å². The molecule has 1 saturated heterocycles. The molecule has 1 fully saturated rings. The highest BCUT2D eigenvalue weighted by Gasteiger charge is 2.20. The van der Waals surface area contributed by atoms with E-state index in [1.165, 1.54) is 25.8 Å². The fourth-order valence-corrected chi connectivity index (χ4v) is 1.90. The lowest BCUT2D eigenvalue weighted by Crippen LogP contribution is -2.28. The van der Waals surface area contributed by atoms with Gasteiger partial charge in [0.2, 0.25) is 0 Å². The molecule has 1 aliphatic rings. The Hall–Kier alpha value is -0.340. The van der Waals surface area contributed by atoms with Crippen molar-refractivity contribution >= 4 is 0 Å². The van der Waals surface area contributed by atoms with Gasteiger partial charge in [0.1, 0.15) is 0 Å². The smallest absolute Gasteiger partial charge is 0.0166 e. The van der Waals surface area contributed by atoms with Crippen LogP contribution in [-0.2, 0) is 0 Å². The van der Waals surface area contributed by atoms with Gasteiger partial charge in [-0.1, -0.05) is 19.1 Å². The fraction of sp³-hybridized carbons (Fsp3) is 0.800. The molecule has 1 heterocycles. The molecule has 12 heavy (non-hydrogen) atoms. The number of hydrogen-bond donors (Lipinski definition) is 1. The summed E-state index contributed by atoms with van der Waals surface area (Å²) in [5, 5.41) is 0. The second-order valence-electron chi connectivity index (χ2n) is 3.41. The Morgan fingerprint density at radius 3 is 3.00 bits per heavy atom. The lowest BCUT2D eigenvalue weighted by Gasteiger charge is -2.21. The van der Waals surface area contributed by atoms with Crippen LogP contribution in [0, 0.1) is 0 Å². The van der Waals surface area contributed by atoms with E-state index < -0.39 is 0 Å². The molecule has 0 bridgehead atoms. The Kier molecular flexibility index (Phi) is 4.33. The normalized spacial score (nSPS) is 25.7. The first-order valence-corrected chi connectivity index (χ1v) is 4.97. The molecule has 1 unspecified atom stereocenters. The van der Waals surface area contributed by atoms with Crippen LogP contribution in [0.2, 0.25) is 0 Å². The van der Waals surface area contributed by atoms with Crippen LogP contribution in [0.4, 0.5) is 0 Å². The Morgan fingerprint density at radius 2 is 2.33 bits per heavy atom. The summed E-state index contributed by atoms with van der Waals surface area (Å²) >= 11 is 0. The maximum atomic E-state index is 5.38. The maximum absolute atomic E-state index is 5.38. The number of likely N-dealkylation sites (tertiary alicyclic amines) is 1. The molecule has 1 rings (SSSR count). The maximum Gasteiger partial charge on any atom is 0.0166 e. The lowest BCUT2D eigenvalue weighted by atomic mass is 10.2. The van der Waals surface area contributed by atoms with Gasteiger partial charge in [-0.25, -0.2) is 0 Å². The Morgan fingerprint density at radius 1 is 1.50 bits per heavy atom. The zero-order chi connectivity index (χ0) is 8.81. The second kappa shape index (κ2) is 5.33. The topological polar surface area (TPSA) is 29.3 Å². The van der Waals surface area contributed by atoms with E-state index >= 15 is 0 Å². The molecule has 0 aromatic carbocycles. The molecule has 0 spiro atoms. The van der Waals surface area contributed by atoms with Crippen LogP contribution in [0.25, 0.3) is 0 Å². The van der Waals surface area contributed by atoms with E-state index in [2.05, 4.69) is 17.9 Å². The van der Waals surface area contributed by atoms with E-state index in [4.69, 9.17) is 5.73 Å². The van der Waals surface area contributed by atoms with Crippen LogP contribution in [0.1, 0.15) is 26.2 Å². The predicted octanol–water partition coefficient (Wildman–Crippen LogP) is 1.38. The van der Waals surface area contributed by atoms with Gasteiger partial charge in [0.25, 0.3) is 0 Å². The van der Waals surface area contributed by atoms with Gasteiger partial charge in [0.15, 0.2) is 0 Å². The summed E-state index contributed by atoms with van der Waals surface area (Å²) in [5.41, 5.74) is 5.38. The average Bonchev–Trinajstić information content (AvgIpc) is 2.52. The summed E-state index contributed by atoms with van der Waals surface area (Å²) < 4.78 is 0. The SMILES string of the molecule is CCC1CCCN1CC=CCN. The van der Waals surface area contributed by atoms with E-state index in [0.717, 1.165) is 12.6 Å². The second-order valence-corrected chi connectivity index (χ2v) is 3.41. The summed E-state index contributed by atoms with van der Waals surface area (Å²) in [7, 11) is 0. The Labute approximate surface area is 75.4 Å². The highest BCUT2D eigenvalue weighted by atomic mass is 15.2. The van der Waals surface area contributed by atoms with E-state index in [9.17, 15) is 0 Å². The van der Waals surface area contributed by atoms with Gasteiger partial charge in [-0.3, -0.25) is 4.90 Å². The molecule has 0 amide bonds. The number of hydrogen-bond acceptors (Lipinski definition) is 2.